The molecule has 0 spiro atoms. The van der Waals surface area contributed by atoms with Crippen molar-refractivity contribution in [3.8, 4) is 0 Å². The average molecular weight is 173 g/mol. The standard InChI is InChI=1S/C12H15N/c1-4-10(3)13-12-8-6-11(5-2)7-9-12/h5-9,13H,2-4H2,1H3. The van der Waals surface area contributed by atoms with Crippen LogP contribution in [0.25, 0.3) is 6.08 Å². The van der Waals surface area contributed by atoms with Gasteiger partial charge in [0.05, 0.1) is 0 Å². The van der Waals surface area contributed by atoms with Gasteiger partial charge in [-0.1, -0.05) is 38.3 Å². The quantitative estimate of drug-likeness (QED) is 0.732. The van der Waals surface area contributed by atoms with Crippen molar-refractivity contribution in [2.45, 2.75) is 13.3 Å². The maximum absolute atomic E-state index is 3.88. The molecule has 0 bridgehead atoms. The molecule has 0 aliphatic carbocycles. The zero-order valence-corrected chi connectivity index (χ0v) is 8.01. The second-order valence-electron chi connectivity index (χ2n) is 2.91. The Bertz CT molecular complexity index is 295. The summed E-state index contributed by atoms with van der Waals surface area (Å²) in [5.41, 5.74) is 3.25. The highest BCUT2D eigenvalue weighted by molar-refractivity contribution is 5.55. The summed E-state index contributed by atoms with van der Waals surface area (Å²) in [4.78, 5) is 0. The van der Waals surface area contributed by atoms with Gasteiger partial charge in [-0.2, -0.15) is 0 Å². The van der Waals surface area contributed by atoms with E-state index in [1.165, 1.54) is 0 Å². The van der Waals surface area contributed by atoms with E-state index < -0.39 is 0 Å². The Hall–Kier alpha value is -1.50. The minimum atomic E-state index is 0.948. The molecular formula is C12H15N. The minimum Gasteiger partial charge on any atom is -0.359 e. The average Bonchev–Trinajstić information content (AvgIpc) is 2.19. The molecule has 1 nitrogen and oxygen atoms in total. The molecule has 1 heteroatoms. The normalized spacial score (nSPS) is 9.31. The molecule has 13 heavy (non-hydrogen) atoms. The molecule has 0 radical (unpaired) electrons. The Morgan fingerprint density at radius 2 is 2.00 bits per heavy atom. The fraction of sp³-hybridized carbons (Fsp3) is 0.167. The van der Waals surface area contributed by atoms with Crippen LogP contribution in [-0.4, -0.2) is 0 Å². The molecule has 0 aliphatic rings. The monoisotopic (exact) mass is 173 g/mol. The predicted molar refractivity (Wildman–Crippen MR) is 59.6 cm³/mol. The summed E-state index contributed by atoms with van der Waals surface area (Å²) in [6.07, 6.45) is 2.78. The summed E-state index contributed by atoms with van der Waals surface area (Å²) >= 11 is 0. The molecule has 0 unspecified atom stereocenters. The molecule has 0 saturated carbocycles. The van der Waals surface area contributed by atoms with Gasteiger partial charge in [0.25, 0.3) is 0 Å². The number of hydrogen-bond donors (Lipinski definition) is 1. The van der Waals surface area contributed by atoms with Crippen molar-refractivity contribution in [1.29, 1.82) is 0 Å². The van der Waals surface area contributed by atoms with E-state index in [9.17, 15) is 0 Å². The summed E-state index contributed by atoms with van der Waals surface area (Å²) in [5.74, 6) is 0. The molecular weight excluding hydrogens is 158 g/mol. The van der Waals surface area contributed by atoms with Crippen LogP contribution >= 0.6 is 0 Å². The summed E-state index contributed by atoms with van der Waals surface area (Å²) in [6, 6.07) is 8.10. The third-order valence-electron chi connectivity index (χ3n) is 1.89. The fourth-order valence-corrected chi connectivity index (χ4v) is 0.995. The van der Waals surface area contributed by atoms with Crippen molar-refractivity contribution in [3.05, 3.63) is 48.7 Å². The number of allylic oxidation sites excluding steroid dienone is 1. The van der Waals surface area contributed by atoms with Gasteiger partial charge in [-0.15, -0.1) is 0 Å². The Kier molecular flexibility index (Phi) is 3.32. The van der Waals surface area contributed by atoms with Gasteiger partial charge in [0.2, 0.25) is 0 Å². The predicted octanol–water partition coefficient (Wildman–Crippen LogP) is 3.67. The van der Waals surface area contributed by atoms with Crippen LogP contribution in [0, 0.1) is 0 Å². The Morgan fingerprint density at radius 3 is 2.46 bits per heavy atom. The van der Waals surface area contributed by atoms with Crippen LogP contribution in [0.2, 0.25) is 0 Å². The number of rotatable bonds is 4. The van der Waals surface area contributed by atoms with Crippen molar-refractivity contribution in [2.75, 3.05) is 5.32 Å². The van der Waals surface area contributed by atoms with Crippen molar-refractivity contribution in [2.24, 2.45) is 0 Å². The van der Waals surface area contributed by atoms with Gasteiger partial charge in [-0.05, 0) is 24.1 Å². The summed E-state index contributed by atoms with van der Waals surface area (Å²) in [5, 5.41) is 3.21. The third-order valence-corrected chi connectivity index (χ3v) is 1.89. The number of benzene rings is 1. The molecule has 0 aliphatic heterocycles. The number of hydrogen-bond acceptors (Lipinski definition) is 1. The lowest BCUT2D eigenvalue weighted by atomic mass is 10.2. The maximum atomic E-state index is 3.88. The van der Waals surface area contributed by atoms with Gasteiger partial charge in [0.15, 0.2) is 0 Å². The largest absolute Gasteiger partial charge is 0.359 e. The smallest absolute Gasteiger partial charge is 0.0382 e. The summed E-state index contributed by atoms with van der Waals surface area (Å²) < 4.78 is 0. The van der Waals surface area contributed by atoms with Crippen molar-refractivity contribution < 1.29 is 0 Å². The van der Waals surface area contributed by atoms with Crippen molar-refractivity contribution >= 4 is 11.8 Å². The molecule has 0 atom stereocenters. The highest BCUT2D eigenvalue weighted by atomic mass is 14.9. The van der Waals surface area contributed by atoms with E-state index >= 15 is 0 Å². The maximum Gasteiger partial charge on any atom is 0.0382 e. The molecule has 0 fully saturated rings. The third kappa shape index (κ3) is 2.79. The summed E-state index contributed by atoms with van der Waals surface area (Å²) in [7, 11) is 0. The van der Waals surface area contributed by atoms with Crippen molar-refractivity contribution in [1.82, 2.24) is 0 Å². The van der Waals surface area contributed by atoms with Gasteiger partial charge < -0.3 is 5.32 Å². The van der Waals surface area contributed by atoms with E-state index in [2.05, 4.69) is 25.4 Å². The second kappa shape index (κ2) is 4.51. The minimum absolute atomic E-state index is 0.948. The van der Waals surface area contributed by atoms with E-state index in [1.54, 1.807) is 0 Å². The van der Waals surface area contributed by atoms with Gasteiger partial charge in [0, 0.05) is 11.4 Å². The van der Waals surface area contributed by atoms with Crippen molar-refractivity contribution in [3.63, 3.8) is 0 Å². The summed E-state index contributed by atoms with van der Waals surface area (Å²) in [6.45, 7) is 9.66. The van der Waals surface area contributed by atoms with E-state index in [1.807, 2.05) is 30.3 Å². The highest BCUT2D eigenvalue weighted by Crippen LogP contribution is 2.12. The highest BCUT2D eigenvalue weighted by Gasteiger charge is 1.92. The Labute approximate surface area is 79.8 Å². The zero-order valence-electron chi connectivity index (χ0n) is 8.01. The lowest BCUT2D eigenvalue weighted by Crippen LogP contribution is -1.95. The van der Waals surface area contributed by atoms with E-state index in [0.717, 1.165) is 23.4 Å². The molecule has 1 rings (SSSR count). The molecule has 1 aromatic carbocycles. The number of nitrogens with one attached hydrogen (secondary N) is 1. The first-order chi connectivity index (χ1) is 6.26. The first-order valence-corrected chi connectivity index (χ1v) is 4.43. The lowest BCUT2D eigenvalue weighted by molar-refractivity contribution is 1.11. The molecule has 1 N–H and O–H groups in total. The first kappa shape index (κ1) is 9.59. The van der Waals surface area contributed by atoms with Gasteiger partial charge in [-0.25, -0.2) is 0 Å². The van der Waals surface area contributed by atoms with Crippen LogP contribution in [0.4, 0.5) is 5.69 Å². The first-order valence-electron chi connectivity index (χ1n) is 4.43. The van der Waals surface area contributed by atoms with E-state index in [-0.39, 0.29) is 0 Å². The lowest BCUT2D eigenvalue weighted by Gasteiger charge is -2.06. The molecule has 0 aromatic heterocycles. The molecule has 0 saturated heterocycles. The molecule has 68 valence electrons. The van der Waals surface area contributed by atoms with Gasteiger partial charge in [0.1, 0.15) is 0 Å². The Balaban J connectivity index is 2.69. The fourth-order valence-electron chi connectivity index (χ4n) is 0.995. The molecule has 0 heterocycles. The molecule has 0 amide bonds. The zero-order chi connectivity index (χ0) is 9.68. The van der Waals surface area contributed by atoms with Crippen LogP contribution in [0.1, 0.15) is 18.9 Å². The van der Waals surface area contributed by atoms with Crippen LogP contribution in [0.3, 0.4) is 0 Å². The van der Waals surface area contributed by atoms with Crippen LogP contribution in [0.5, 0.6) is 0 Å². The van der Waals surface area contributed by atoms with Crippen LogP contribution in [0.15, 0.2) is 43.1 Å². The van der Waals surface area contributed by atoms with Gasteiger partial charge in [-0.3, -0.25) is 0 Å². The van der Waals surface area contributed by atoms with Gasteiger partial charge >= 0.3 is 0 Å². The molecule has 1 aromatic rings. The second-order valence-corrected chi connectivity index (χ2v) is 2.91. The number of anilines is 1. The SMILES string of the molecule is C=Cc1ccc(NC(=C)CC)cc1. The van der Waals surface area contributed by atoms with Crippen LogP contribution in [-0.2, 0) is 0 Å². The topological polar surface area (TPSA) is 12.0 Å². The van der Waals surface area contributed by atoms with E-state index in [0.29, 0.717) is 0 Å². The van der Waals surface area contributed by atoms with E-state index in [4.69, 9.17) is 0 Å². The Morgan fingerprint density at radius 1 is 1.38 bits per heavy atom. The van der Waals surface area contributed by atoms with Crippen LogP contribution < -0.4 is 5.32 Å².